The Morgan fingerprint density at radius 1 is 1.33 bits per heavy atom. The third kappa shape index (κ3) is 2.12. The molecule has 0 spiro atoms. The molecule has 2 aromatic heterocycles. The summed E-state index contributed by atoms with van der Waals surface area (Å²) >= 11 is 1.61. The van der Waals surface area contributed by atoms with Crippen molar-refractivity contribution in [3.8, 4) is 0 Å². The maximum atomic E-state index is 4.48. The van der Waals surface area contributed by atoms with E-state index in [0.717, 1.165) is 16.3 Å². The second kappa shape index (κ2) is 4.62. The minimum Gasteiger partial charge on any atom is -0.360 e. The summed E-state index contributed by atoms with van der Waals surface area (Å²) in [6.07, 6.45) is 3.60. The van der Waals surface area contributed by atoms with Gasteiger partial charge in [-0.05, 0) is 30.7 Å². The number of anilines is 1. The van der Waals surface area contributed by atoms with Crippen molar-refractivity contribution in [2.45, 2.75) is 6.92 Å². The predicted molar refractivity (Wildman–Crippen MR) is 76.4 cm³/mol. The Kier molecular flexibility index (Phi) is 2.82. The van der Waals surface area contributed by atoms with Crippen LogP contribution < -0.4 is 5.43 Å². The Morgan fingerprint density at radius 3 is 3.06 bits per heavy atom. The van der Waals surface area contributed by atoms with Gasteiger partial charge in [0.1, 0.15) is 0 Å². The van der Waals surface area contributed by atoms with Crippen LogP contribution in [0.2, 0.25) is 0 Å². The molecule has 3 rings (SSSR count). The third-order valence-electron chi connectivity index (χ3n) is 2.60. The molecule has 2 heterocycles. The van der Waals surface area contributed by atoms with Crippen molar-refractivity contribution in [3.05, 3.63) is 47.8 Å². The van der Waals surface area contributed by atoms with Gasteiger partial charge >= 0.3 is 0 Å². The molecule has 0 aliphatic heterocycles. The molecule has 0 saturated carbocycles. The number of rotatable bonds is 3. The lowest BCUT2D eigenvalue weighted by Crippen LogP contribution is -1.89. The summed E-state index contributed by atoms with van der Waals surface area (Å²) in [6.45, 7) is 2.09. The van der Waals surface area contributed by atoms with Gasteiger partial charge in [0.2, 0.25) is 5.13 Å². The zero-order chi connectivity index (χ0) is 12.4. The first-order chi connectivity index (χ1) is 8.83. The van der Waals surface area contributed by atoms with Gasteiger partial charge in [0.25, 0.3) is 0 Å². The lowest BCUT2D eigenvalue weighted by molar-refractivity contribution is 1.29. The highest BCUT2D eigenvalue weighted by atomic mass is 32.1. The standard InChI is InChI=1S/C13H12N4S/c1-9-4-2-6-11-12(9)18-13(16-11)17-15-8-10-5-3-7-14-10/h2-8,14H,1H3,(H,16,17)/b15-8+. The third-order valence-corrected chi connectivity index (χ3v) is 3.71. The zero-order valence-corrected chi connectivity index (χ0v) is 10.7. The smallest absolute Gasteiger partial charge is 0.204 e. The Balaban J connectivity index is 1.81. The molecule has 0 bridgehead atoms. The van der Waals surface area contributed by atoms with Crippen molar-refractivity contribution in [2.75, 3.05) is 5.43 Å². The summed E-state index contributed by atoms with van der Waals surface area (Å²) in [5, 5.41) is 4.96. The number of hydrogen-bond donors (Lipinski definition) is 2. The average Bonchev–Trinajstić information content (AvgIpc) is 2.98. The van der Waals surface area contributed by atoms with Gasteiger partial charge in [0, 0.05) is 6.20 Å². The van der Waals surface area contributed by atoms with E-state index >= 15 is 0 Å². The van der Waals surface area contributed by atoms with E-state index in [2.05, 4.69) is 33.5 Å². The van der Waals surface area contributed by atoms with Gasteiger partial charge in [-0.15, -0.1) is 0 Å². The van der Waals surface area contributed by atoms with Gasteiger partial charge in [-0.25, -0.2) is 4.98 Å². The second-order valence-corrected chi connectivity index (χ2v) is 4.94. The van der Waals surface area contributed by atoms with Crippen LogP contribution in [0.5, 0.6) is 0 Å². The lowest BCUT2D eigenvalue weighted by Gasteiger charge is -1.91. The molecular weight excluding hydrogens is 244 g/mol. The number of nitrogens with one attached hydrogen (secondary N) is 2. The maximum absolute atomic E-state index is 4.48. The van der Waals surface area contributed by atoms with Crippen molar-refractivity contribution in [2.24, 2.45) is 5.10 Å². The highest BCUT2D eigenvalue weighted by Gasteiger charge is 2.04. The van der Waals surface area contributed by atoms with Crippen molar-refractivity contribution < 1.29 is 0 Å². The van der Waals surface area contributed by atoms with Gasteiger partial charge in [-0.1, -0.05) is 23.5 Å². The van der Waals surface area contributed by atoms with E-state index in [1.165, 1.54) is 10.3 Å². The molecule has 0 aliphatic rings. The summed E-state index contributed by atoms with van der Waals surface area (Å²) in [5.41, 5.74) is 6.17. The number of hydrogen-bond acceptors (Lipinski definition) is 4. The van der Waals surface area contributed by atoms with E-state index in [1.54, 1.807) is 17.6 Å². The number of hydrazone groups is 1. The number of benzene rings is 1. The van der Waals surface area contributed by atoms with Crippen molar-refractivity contribution in [3.63, 3.8) is 0 Å². The van der Waals surface area contributed by atoms with Crippen molar-refractivity contribution in [1.29, 1.82) is 0 Å². The molecule has 3 aromatic rings. The predicted octanol–water partition coefficient (Wildman–Crippen LogP) is 3.38. The molecule has 4 nitrogen and oxygen atoms in total. The summed E-state index contributed by atoms with van der Waals surface area (Å²) < 4.78 is 1.20. The van der Waals surface area contributed by atoms with E-state index in [0.29, 0.717) is 0 Å². The van der Waals surface area contributed by atoms with Gasteiger partial charge in [-0.3, -0.25) is 5.43 Å². The van der Waals surface area contributed by atoms with Crippen molar-refractivity contribution >= 4 is 32.9 Å². The fraction of sp³-hybridized carbons (Fsp3) is 0.0769. The molecule has 18 heavy (non-hydrogen) atoms. The minimum atomic E-state index is 0.808. The molecule has 0 atom stereocenters. The molecule has 0 unspecified atom stereocenters. The lowest BCUT2D eigenvalue weighted by atomic mass is 10.2. The Morgan fingerprint density at radius 2 is 2.28 bits per heavy atom. The van der Waals surface area contributed by atoms with Crippen LogP contribution in [0.4, 0.5) is 5.13 Å². The zero-order valence-electron chi connectivity index (χ0n) is 9.84. The van der Waals surface area contributed by atoms with Crippen LogP contribution >= 0.6 is 11.3 Å². The Bertz CT molecular complexity index is 682. The van der Waals surface area contributed by atoms with E-state index in [4.69, 9.17) is 0 Å². The first-order valence-electron chi connectivity index (χ1n) is 5.61. The largest absolute Gasteiger partial charge is 0.360 e. The van der Waals surface area contributed by atoms with Crippen molar-refractivity contribution in [1.82, 2.24) is 9.97 Å². The Labute approximate surface area is 108 Å². The molecule has 2 N–H and O–H groups in total. The molecule has 0 saturated heterocycles. The molecule has 0 fully saturated rings. The minimum absolute atomic E-state index is 0.808. The number of H-pyrrole nitrogens is 1. The van der Waals surface area contributed by atoms with E-state index in [9.17, 15) is 0 Å². The number of nitrogens with zero attached hydrogens (tertiary/aromatic N) is 2. The fourth-order valence-electron chi connectivity index (χ4n) is 1.72. The highest BCUT2D eigenvalue weighted by molar-refractivity contribution is 7.22. The molecule has 1 aromatic carbocycles. The summed E-state index contributed by atoms with van der Waals surface area (Å²) in [4.78, 5) is 7.53. The van der Waals surface area contributed by atoms with Crippen LogP contribution in [-0.2, 0) is 0 Å². The van der Waals surface area contributed by atoms with Gasteiger partial charge in [0.15, 0.2) is 0 Å². The van der Waals surface area contributed by atoms with E-state index in [-0.39, 0.29) is 0 Å². The quantitative estimate of drug-likeness (QED) is 0.557. The van der Waals surface area contributed by atoms with Gasteiger partial charge in [-0.2, -0.15) is 5.10 Å². The van der Waals surface area contributed by atoms with Gasteiger partial charge in [0.05, 0.1) is 22.1 Å². The molecule has 5 heteroatoms. The monoisotopic (exact) mass is 256 g/mol. The molecule has 0 aliphatic carbocycles. The van der Waals surface area contributed by atoms with Crippen LogP contribution in [0.25, 0.3) is 10.2 Å². The normalized spacial score (nSPS) is 11.4. The molecule has 0 amide bonds. The fourth-order valence-corrected chi connectivity index (χ4v) is 2.60. The van der Waals surface area contributed by atoms with E-state index < -0.39 is 0 Å². The number of aromatic amines is 1. The molecule has 90 valence electrons. The SMILES string of the molecule is Cc1cccc2nc(N/N=C/c3ccc[nH]3)sc12. The summed E-state index contributed by atoms with van der Waals surface area (Å²) in [6, 6.07) is 10.0. The molecule has 0 radical (unpaired) electrons. The maximum Gasteiger partial charge on any atom is 0.204 e. The number of aromatic nitrogens is 2. The highest BCUT2D eigenvalue weighted by Crippen LogP contribution is 2.28. The van der Waals surface area contributed by atoms with Gasteiger partial charge < -0.3 is 4.98 Å². The number of aryl methyl sites for hydroxylation is 1. The van der Waals surface area contributed by atoms with Crippen LogP contribution in [-0.4, -0.2) is 16.2 Å². The summed E-state index contributed by atoms with van der Waals surface area (Å²) in [7, 11) is 0. The topological polar surface area (TPSA) is 53.1 Å². The van der Waals surface area contributed by atoms with Crippen LogP contribution in [0, 0.1) is 6.92 Å². The van der Waals surface area contributed by atoms with Crippen LogP contribution in [0.1, 0.15) is 11.3 Å². The van der Waals surface area contributed by atoms with E-state index in [1.807, 2.05) is 30.5 Å². The van der Waals surface area contributed by atoms with Crippen LogP contribution in [0.3, 0.4) is 0 Å². The second-order valence-electron chi connectivity index (χ2n) is 3.94. The molecular formula is C13H12N4S. The summed E-state index contributed by atoms with van der Waals surface area (Å²) in [5.74, 6) is 0. The van der Waals surface area contributed by atoms with Crippen LogP contribution in [0.15, 0.2) is 41.6 Å². The first-order valence-corrected chi connectivity index (χ1v) is 6.43. The average molecular weight is 256 g/mol. The Hall–Kier alpha value is -2.14. The number of fused-ring (bicyclic) bond motifs is 1. The number of thiazole rings is 1. The first kappa shape index (κ1) is 11.0.